The Balaban J connectivity index is 1.39. The lowest BCUT2D eigenvalue weighted by Crippen LogP contribution is -2.47. The first kappa shape index (κ1) is 23.1. The molecule has 1 aliphatic heterocycles. The predicted octanol–water partition coefficient (Wildman–Crippen LogP) is 4.07. The topological polar surface area (TPSA) is 57.6 Å². The average Bonchev–Trinajstić information content (AvgIpc) is 3.12. The normalized spacial score (nSPS) is 14.4. The smallest absolute Gasteiger partial charge is 0.253 e. The Hall–Kier alpha value is -3.09. The maximum absolute atomic E-state index is 12.9. The van der Waals surface area contributed by atoms with Gasteiger partial charge < -0.3 is 19.7 Å². The lowest BCUT2D eigenvalue weighted by Gasteiger charge is -2.32. The fourth-order valence-electron chi connectivity index (χ4n) is 4.22. The van der Waals surface area contributed by atoms with Gasteiger partial charge >= 0.3 is 0 Å². The number of hydrogen-bond acceptors (Lipinski definition) is 3. The molecule has 1 aliphatic rings. The number of nitrogens with zero attached hydrogens (tertiary/aromatic N) is 3. The van der Waals surface area contributed by atoms with Crippen molar-refractivity contribution in [2.24, 2.45) is 0 Å². The summed E-state index contributed by atoms with van der Waals surface area (Å²) >= 11 is 6.01. The molecule has 0 aliphatic carbocycles. The highest BCUT2D eigenvalue weighted by molar-refractivity contribution is 6.30. The highest BCUT2D eigenvalue weighted by Gasteiger charge is 2.20. The molecular formula is C26H29ClN4O2. The van der Waals surface area contributed by atoms with E-state index in [1.165, 1.54) is 0 Å². The standard InChI is InChI=1S/C26H29ClN4O2/c1-18-16-24(19(2)31(18)23-10-8-22(27)9-11-23)25(32)28-17-20-4-6-21(7-5-20)26(33)30-14-12-29(3)13-15-30/h4-11,16H,12-15,17H2,1-3H3,(H,28,32). The van der Waals surface area contributed by atoms with Gasteiger partial charge in [0.15, 0.2) is 0 Å². The van der Waals surface area contributed by atoms with Crippen molar-refractivity contribution < 1.29 is 9.59 Å². The van der Waals surface area contributed by atoms with E-state index < -0.39 is 0 Å². The third-order valence-electron chi connectivity index (χ3n) is 6.21. The van der Waals surface area contributed by atoms with Crippen molar-refractivity contribution in [3.05, 3.63) is 87.7 Å². The number of nitrogens with one attached hydrogen (secondary N) is 1. The van der Waals surface area contributed by atoms with Crippen LogP contribution < -0.4 is 5.32 Å². The molecule has 4 rings (SSSR count). The summed E-state index contributed by atoms with van der Waals surface area (Å²) in [5, 5.41) is 3.68. The minimum absolute atomic E-state index is 0.0633. The van der Waals surface area contributed by atoms with Crippen molar-refractivity contribution in [2.75, 3.05) is 33.2 Å². The van der Waals surface area contributed by atoms with Crippen LogP contribution in [0.5, 0.6) is 0 Å². The molecule has 33 heavy (non-hydrogen) atoms. The number of carbonyl (C=O) groups excluding carboxylic acids is 2. The molecule has 2 heterocycles. The maximum Gasteiger partial charge on any atom is 0.253 e. The maximum atomic E-state index is 12.9. The summed E-state index contributed by atoms with van der Waals surface area (Å²) in [5.74, 6) is -0.0609. The zero-order valence-electron chi connectivity index (χ0n) is 19.3. The van der Waals surface area contributed by atoms with E-state index in [1.54, 1.807) is 0 Å². The summed E-state index contributed by atoms with van der Waals surface area (Å²) in [6.45, 7) is 7.61. The van der Waals surface area contributed by atoms with Gasteiger partial charge in [0.05, 0.1) is 5.56 Å². The van der Waals surface area contributed by atoms with Gasteiger partial charge in [-0.15, -0.1) is 0 Å². The minimum Gasteiger partial charge on any atom is -0.348 e. The highest BCUT2D eigenvalue weighted by atomic mass is 35.5. The van der Waals surface area contributed by atoms with Gasteiger partial charge in [0.1, 0.15) is 0 Å². The Kier molecular flexibility index (Phi) is 6.86. The Morgan fingerprint density at radius 3 is 2.21 bits per heavy atom. The van der Waals surface area contributed by atoms with E-state index >= 15 is 0 Å². The Morgan fingerprint density at radius 2 is 1.58 bits per heavy atom. The van der Waals surface area contributed by atoms with Crippen LogP contribution in [-0.4, -0.2) is 59.4 Å². The first-order chi connectivity index (χ1) is 15.8. The lowest BCUT2D eigenvalue weighted by atomic mass is 10.1. The third kappa shape index (κ3) is 5.13. The fourth-order valence-corrected chi connectivity index (χ4v) is 4.34. The van der Waals surface area contributed by atoms with Gasteiger partial charge in [-0.2, -0.15) is 0 Å². The summed E-state index contributed by atoms with van der Waals surface area (Å²) in [5.41, 5.74) is 5.09. The molecule has 2 amide bonds. The number of carbonyl (C=O) groups is 2. The van der Waals surface area contributed by atoms with Crippen LogP contribution in [0.25, 0.3) is 5.69 Å². The SMILES string of the molecule is Cc1cc(C(=O)NCc2ccc(C(=O)N3CCN(C)CC3)cc2)c(C)n1-c1ccc(Cl)cc1. The van der Waals surface area contributed by atoms with Gasteiger partial charge in [-0.3, -0.25) is 9.59 Å². The molecule has 0 saturated carbocycles. The molecule has 3 aromatic rings. The van der Waals surface area contributed by atoms with E-state index in [-0.39, 0.29) is 11.8 Å². The number of hydrogen-bond donors (Lipinski definition) is 1. The second-order valence-corrected chi connectivity index (χ2v) is 9.01. The monoisotopic (exact) mass is 464 g/mol. The van der Waals surface area contributed by atoms with Gasteiger partial charge in [0.25, 0.3) is 11.8 Å². The van der Waals surface area contributed by atoms with Crippen molar-refractivity contribution in [2.45, 2.75) is 20.4 Å². The van der Waals surface area contributed by atoms with E-state index in [0.717, 1.165) is 48.8 Å². The Labute approximate surface area is 199 Å². The molecule has 0 spiro atoms. The van der Waals surface area contributed by atoms with Crippen LogP contribution in [0.4, 0.5) is 0 Å². The van der Waals surface area contributed by atoms with E-state index in [9.17, 15) is 9.59 Å². The van der Waals surface area contributed by atoms with E-state index in [2.05, 4.69) is 17.3 Å². The van der Waals surface area contributed by atoms with Crippen molar-refractivity contribution in [1.82, 2.24) is 19.7 Å². The molecule has 0 unspecified atom stereocenters. The number of piperazine rings is 1. The van der Waals surface area contributed by atoms with Crippen molar-refractivity contribution in [3.8, 4) is 5.69 Å². The molecule has 172 valence electrons. The molecule has 2 aromatic carbocycles. The number of aromatic nitrogens is 1. The minimum atomic E-state index is -0.124. The fraction of sp³-hybridized carbons (Fsp3) is 0.308. The van der Waals surface area contributed by atoms with Crippen LogP contribution in [0.1, 0.15) is 37.7 Å². The first-order valence-corrected chi connectivity index (χ1v) is 11.5. The summed E-state index contributed by atoms with van der Waals surface area (Å²) in [7, 11) is 2.07. The van der Waals surface area contributed by atoms with Gasteiger partial charge in [-0.25, -0.2) is 0 Å². The van der Waals surface area contributed by atoms with Crippen LogP contribution in [0, 0.1) is 13.8 Å². The summed E-state index contributed by atoms with van der Waals surface area (Å²) < 4.78 is 2.05. The zero-order valence-corrected chi connectivity index (χ0v) is 20.0. The lowest BCUT2D eigenvalue weighted by molar-refractivity contribution is 0.0664. The quantitative estimate of drug-likeness (QED) is 0.619. The first-order valence-electron chi connectivity index (χ1n) is 11.1. The van der Waals surface area contributed by atoms with E-state index in [1.807, 2.05) is 77.9 Å². The highest BCUT2D eigenvalue weighted by Crippen LogP contribution is 2.22. The molecule has 1 fully saturated rings. The predicted molar refractivity (Wildman–Crippen MR) is 131 cm³/mol. The van der Waals surface area contributed by atoms with Crippen LogP contribution in [0.2, 0.25) is 5.02 Å². The van der Waals surface area contributed by atoms with Crippen LogP contribution >= 0.6 is 11.6 Å². The van der Waals surface area contributed by atoms with Gasteiger partial charge in [-0.1, -0.05) is 23.7 Å². The van der Waals surface area contributed by atoms with E-state index in [4.69, 9.17) is 11.6 Å². The molecule has 0 radical (unpaired) electrons. The second-order valence-electron chi connectivity index (χ2n) is 8.57. The molecule has 6 nitrogen and oxygen atoms in total. The molecule has 0 atom stereocenters. The van der Waals surface area contributed by atoms with Gasteiger partial charge in [0, 0.05) is 60.4 Å². The Bertz CT molecular complexity index is 1140. The Morgan fingerprint density at radius 1 is 0.939 bits per heavy atom. The van der Waals surface area contributed by atoms with Crippen molar-refractivity contribution in [3.63, 3.8) is 0 Å². The van der Waals surface area contributed by atoms with Crippen molar-refractivity contribution in [1.29, 1.82) is 0 Å². The summed E-state index contributed by atoms with van der Waals surface area (Å²) in [6, 6.07) is 17.0. The second kappa shape index (κ2) is 9.81. The average molecular weight is 465 g/mol. The largest absolute Gasteiger partial charge is 0.348 e. The number of aryl methyl sites for hydroxylation is 1. The summed E-state index contributed by atoms with van der Waals surface area (Å²) in [4.78, 5) is 29.7. The third-order valence-corrected chi connectivity index (χ3v) is 6.46. The van der Waals surface area contributed by atoms with Crippen molar-refractivity contribution >= 4 is 23.4 Å². The van der Waals surface area contributed by atoms with Gasteiger partial charge in [0.2, 0.25) is 0 Å². The van der Waals surface area contributed by atoms with Crippen LogP contribution in [0.3, 0.4) is 0 Å². The van der Waals surface area contributed by atoms with Crippen LogP contribution in [0.15, 0.2) is 54.6 Å². The number of likely N-dealkylation sites (N-methyl/N-ethyl adjacent to an activating group) is 1. The number of benzene rings is 2. The molecule has 7 heteroatoms. The number of amides is 2. The summed E-state index contributed by atoms with van der Waals surface area (Å²) in [6.07, 6.45) is 0. The molecule has 1 N–H and O–H groups in total. The molecule has 1 saturated heterocycles. The molecule has 0 bridgehead atoms. The molecular weight excluding hydrogens is 436 g/mol. The molecule has 1 aromatic heterocycles. The number of halogens is 1. The van der Waals surface area contributed by atoms with Crippen LogP contribution in [-0.2, 0) is 6.54 Å². The van der Waals surface area contributed by atoms with Gasteiger partial charge in [-0.05, 0) is 68.9 Å². The van der Waals surface area contributed by atoms with E-state index in [0.29, 0.717) is 22.7 Å². The zero-order chi connectivity index (χ0) is 23.5. The number of rotatable bonds is 5.